The van der Waals surface area contributed by atoms with Crippen molar-refractivity contribution in [2.45, 2.75) is 70.5 Å². The summed E-state index contributed by atoms with van der Waals surface area (Å²) >= 11 is 0. The number of nitrogens with zero attached hydrogens (tertiary/aromatic N) is 2. The fourth-order valence-corrected chi connectivity index (χ4v) is 3.70. The summed E-state index contributed by atoms with van der Waals surface area (Å²) in [7, 11) is 6.50. The van der Waals surface area contributed by atoms with Crippen LogP contribution in [-0.4, -0.2) is 62.2 Å². The first kappa shape index (κ1) is 16.9. The van der Waals surface area contributed by atoms with E-state index in [1.165, 1.54) is 38.5 Å². The minimum absolute atomic E-state index is 0.639. The highest BCUT2D eigenvalue weighted by Gasteiger charge is 2.29. The van der Waals surface area contributed by atoms with E-state index in [1.807, 2.05) is 0 Å². The molecule has 3 heteroatoms. The van der Waals surface area contributed by atoms with Crippen molar-refractivity contribution in [1.29, 1.82) is 0 Å². The first-order valence-corrected chi connectivity index (χ1v) is 8.17. The predicted octanol–water partition coefficient (Wildman–Crippen LogP) is 2.57. The first-order chi connectivity index (χ1) is 9.10. The number of hydrogen-bond donors (Lipinski definition) is 1. The standard InChI is InChI=1S/C16H35N3/c1-6-19(14(2)13-18(4)5)16-12-10-8-7-9-11-15(16)17-3/h14-17H,6-13H2,1-5H3. The molecule has 0 aliphatic heterocycles. The lowest BCUT2D eigenvalue weighted by molar-refractivity contribution is 0.0882. The molecule has 114 valence electrons. The van der Waals surface area contributed by atoms with E-state index in [4.69, 9.17) is 0 Å². The van der Waals surface area contributed by atoms with Gasteiger partial charge in [-0.2, -0.15) is 0 Å². The Balaban J connectivity index is 2.72. The molecule has 0 heterocycles. The first-order valence-electron chi connectivity index (χ1n) is 8.17. The normalized spacial score (nSPS) is 27.3. The van der Waals surface area contributed by atoms with Crippen molar-refractivity contribution in [3.63, 3.8) is 0 Å². The molecule has 0 bridgehead atoms. The molecule has 1 aliphatic rings. The zero-order valence-electron chi connectivity index (χ0n) is 13.8. The maximum absolute atomic E-state index is 3.59. The van der Waals surface area contributed by atoms with E-state index in [0.717, 1.165) is 13.1 Å². The van der Waals surface area contributed by atoms with Gasteiger partial charge in [0.1, 0.15) is 0 Å². The Morgan fingerprint density at radius 3 is 2.26 bits per heavy atom. The van der Waals surface area contributed by atoms with Crippen LogP contribution in [0.25, 0.3) is 0 Å². The molecule has 0 amide bonds. The van der Waals surface area contributed by atoms with Crippen LogP contribution >= 0.6 is 0 Å². The van der Waals surface area contributed by atoms with E-state index in [2.05, 4.69) is 50.1 Å². The van der Waals surface area contributed by atoms with E-state index in [0.29, 0.717) is 18.1 Å². The molecule has 0 spiro atoms. The molecular formula is C16H35N3. The smallest absolute Gasteiger partial charge is 0.0252 e. The quantitative estimate of drug-likeness (QED) is 0.799. The zero-order valence-corrected chi connectivity index (χ0v) is 13.8. The van der Waals surface area contributed by atoms with Crippen LogP contribution in [0.2, 0.25) is 0 Å². The van der Waals surface area contributed by atoms with Crippen molar-refractivity contribution in [3.05, 3.63) is 0 Å². The van der Waals surface area contributed by atoms with Gasteiger partial charge in [-0.15, -0.1) is 0 Å². The van der Waals surface area contributed by atoms with Gasteiger partial charge in [0.2, 0.25) is 0 Å². The third kappa shape index (κ3) is 5.41. The van der Waals surface area contributed by atoms with Gasteiger partial charge in [-0.1, -0.05) is 32.6 Å². The number of hydrogen-bond acceptors (Lipinski definition) is 3. The van der Waals surface area contributed by atoms with E-state index in [1.54, 1.807) is 0 Å². The average molecular weight is 269 g/mol. The molecule has 3 unspecified atom stereocenters. The number of nitrogens with one attached hydrogen (secondary N) is 1. The van der Waals surface area contributed by atoms with E-state index in [-0.39, 0.29) is 0 Å². The van der Waals surface area contributed by atoms with Crippen molar-refractivity contribution < 1.29 is 0 Å². The fraction of sp³-hybridized carbons (Fsp3) is 1.00. The summed E-state index contributed by atoms with van der Waals surface area (Å²) in [6.07, 6.45) is 8.33. The Kier molecular flexibility index (Phi) is 7.96. The summed E-state index contributed by atoms with van der Waals surface area (Å²) in [5.74, 6) is 0. The van der Waals surface area contributed by atoms with Crippen LogP contribution in [0, 0.1) is 0 Å². The van der Waals surface area contributed by atoms with E-state index in [9.17, 15) is 0 Å². The molecule has 0 radical (unpaired) electrons. The highest BCUT2D eigenvalue weighted by Crippen LogP contribution is 2.23. The minimum Gasteiger partial charge on any atom is -0.315 e. The van der Waals surface area contributed by atoms with E-state index >= 15 is 0 Å². The van der Waals surface area contributed by atoms with Gasteiger partial charge in [-0.3, -0.25) is 4.90 Å². The van der Waals surface area contributed by atoms with Crippen LogP contribution in [0.3, 0.4) is 0 Å². The predicted molar refractivity (Wildman–Crippen MR) is 84.7 cm³/mol. The van der Waals surface area contributed by atoms with Crippen molar-refractivity contribution >= 4 is 0 Å². The number of likely N-dealkylation sites (N-methyl/N-ethyl adjacent to an activating group) is 3. The van der Waals surface area contributed by atoms with Gasteiger partial charge in [0, 0.05) is 24.7 Å². The molecule has 1 rings (SSSR count). The topological polar surface area (TPSA) is 18.5 Å². The van der Waals surface area contributed by atoms with Gasteiger partial charge in [0.15, 0.2) is 0 Å². The fourth-order valence-electron chi connectivity index (χ4n) is 3.70. The van der Waals surface area contributed by atoms with Gasteiger partial charge < -0.3 is 10.2 Å². The summed E-state index contributed by atoms with van der Waals surface area (Å²) in [5, 5.41) is 3.59. The SMILES string of the molecule is CCN(C(C)CN(C)C)C1CCCCCCC1NC. The minimum atomic E-state index is 0.639. The third-order valence-electron chi connectivity index (χ3n) is 4.59. The molecule has 0 aromatic heterocycles. The molecule has 0 saturated heterocycles. The van der Waals surface area contributed by atoms with Crippen LogP contribution in [0.4, 0.5) is 0 Å². The highest BCUT2D eigenvalue weighted by atomic mass is 15.2. The second kappa shape index (κ2) is 8.93. The lowest BCUT2D eigenvalue weighted by Crippen LogP contribution is -2.54. The Morgan fingerprint density at radius 1 is 1.11 bits per heavy atom. The zero-order chi connectivity index (χ0) is 14.3. The summed E-state index contributed by atoms with van der Waals surface area (Å²) in [4.78, 5) is 5.04. The lowest BCUT2D eigenvalue weighted by atomic mass is 9.90. The van der Waals surface area contributed by atoms with Crippen molar-refractivity contribution in [1.82, 2.24) is 15.1 Å². The van der Waals surface area contributed by atoms with Gasteiger partial charge in [0.25, 0.3) is 0 Å². The van der Waals surface area contributed by atoms with Crippen LogP contribution in [0.5, 0.6) is 0 Å². The second-order valence-corrected chi connectivity index (χ2v) is 6.40. The molecular weight excluding hydrogens is 234 g/mol. The lowest BCUT2D eigenvalue weighted by Gasteiger charge is -2.42. The largest absolute Gasteiger partial charge is 0.315 e. The maximum atomic E-state index is 3.59. The molecule has 1 fully saturated rings. The van der Waals surface area contributed by atoms with Gasteiger partial charge in [-0.05, 0) is 47.5 Å². The molecule has 1 N–H and O–H groups in total. The molecule has 0 aromatic carbocycles. The number of rotatable bonds is 6. The average Bonchev–Trinajstić information content (AvgIpc) is 2.32. The maximum Gasteiger partial charge on any atom is 0.0252 e. The summed E-state index contributed by atoms with van der Waals surface area (Å²) in [5.41, 5.74) is 0. The summed E-state index contributed by atoms with van der Waals surface area (Å²) in [6, 6.07) is 2.02. The summed E-state index contributed by atoms with van der Waals surface area (Å²) in [6.45, 7) is 7.02. The van der Waals surface area contributed by atoms with Gasteiger partial charge in [0.05, 0.1) is 0 Å². The molecule has 19 heavy (non-hydrogen) atoms. The molecule has 1 aliphatic carbocycles. The van der Waals surface area contributed by atoms with Crippen LogP contribution in [0.15, 0.2) is 0 Å². The van der Waals surface area contributed by atoms with Crippen molar-refractivity contribution in [3.8, 4) is 0 Å². The molecule has 3 nitrogen and oxygen atoms in total. The molecule has 1 saturated carbocycles. The van der Waals surface area contributed by atoms with Crippen LogP contribution in [-0.2, 0) is 0 Å². The Hall–Kier alpha value is -0.120. The molecule has 3 atom stereocenters. The van der Waals surface area contributed by atoms with Crippen LogP contribution in [0.1, 0.15) is 52.4 Å². The summed E-state index contributed by atoms with van der Waals surface area (Å²) < 4.78 is 0. The van der Waals surface area contributed by atoms with Gasteiger partial charge >= 0.3 is 0 Å². The van der Waals surface area contributed by atoms with Crippen molar-refractivity contribution in [2.24, 2.45) is 0 Å². The highest BCUT2D eigenvalue weighted by molar-refractivity contribution is 4.87. The second-order valence-electron chi connectivity index (χ2n) is 6.40. The third-order valence-corrected chi connectivity index (χ3v) is 4.59. The van der Waals surface area contributed by atoms with E-state index < -0.39 is 0 Å². The van der Waals surface area contributed by atoms with Crippen molar-refractivity contribution in [2.75, 3.05) is 34.2 Å². The monoisotopic (exact) mass is 269 g/mol. The Labute approximate surface area is 120 Å². The molecule has 0 aromatic rings. The Bertz CT molecular complexity index is 230. The Morgan fingerprint density at radius 2 is 1.74 bits per heavy atom. The van der Waals surface area contributed by atoms with Gasteiger partial charge in [-0.25, -0.2) is 0 Å². The van der Waals surface area contributed by atoms with Crippen LogP contribution < -0.4 is 5.32 Å².